The molecule has 0 radical (unpaired) electrons. The summed E-state index contributed by atoms with van der Waals surface area (Å²) in [4.78, 5) is 14.9. The van der Waals surface area contributed by atoms with Crippen LogP contribution in [0, 0.1) is 5.92 Å². The van der Waals surface area contributed by atoms with Crippen LogP contribution in [-0.2, 0) is 9.47 Å². The third-order valence-electron chi connectivity index (χ3n) is 3.09. The van der Waals surface area contributed by atoms with Gasteiger partial charge in [0.15, 0.2) is 0 Å². The number of amides is 1. The van der Waals surface area contributed by atoms with Crippen molar-refractivity contribution in [1.29, 1.82) is 0 Å². The molecule has 1 aromatic heterocycles. The van der Waals surface area contributed by atoms with Crippen molar-refractivity contribution in [2.75, 3.05) is 40.0 Å². The van der Waals surface area contributed by atoms with E-state index in [2.05, 4.69) is 0 Å². The lowest BCUT2D eigenvalue weighted by atomic mass is 10.1. The van der Waals surface area contributed by atoms with Crippen molar-refractivity contribution in [2.24, 2.45) is 5.92 Å². The van der Waals surface area contributed by atoms with Crippen molar-refractivity contribution in [3.63, 3.8) is 0 Å². The molecule has 0 aromatic carbocycles. The van der Waals surface area contributed by atoms with Crippen molar-refractivity contribution in [3.05, 3.63) is 22.4 Å². The second-order valence-corrected chi connectivity index (χ2v) is 5.40. The van der Waals surface area contributed by atoms with E-state index in [0.717, 1.165) is 31.0 Å². The van der Waals surface area contributed by atoms with Crippen LogP contribution in [-0.4, -0.2) is 50.8 Å². The first-order valence-electron chi connectivity index (χ1n) is 6.20. The van der Waals surface area contributed by atoms with E-state index in [1.165, 1.54) is 11.3 Å². The van der Waals surface area contributed by atoms with Gasteiger partial charge in [-0.1, -0.05) is 6.07 Å². The van der Waals surface area contributed by atoms with Crippen LogP contribution < -0.4 is 0 Å². The third-order valence-corrected chi connectivity index (χ3v) is 3.95. The predicted octanol–water partition coefficient (Wildman–Crippen LogP) is 1.87. The number of hydrogen-bond acceptors (Lipinski definition) is 4. The monoisotopic (exact) mass is 269 g/mol. The Morgan fingerprint density at radius 2 is 2.44 bits per heavy atom. The number of rotatable bonds is 6. The number of methoxy groups -OCH3 is 1. The van der Waals surface area contributed by atoms with Gasteiger partial charge < -0.3 is 14.4 Å². The van der Waals surface area contributed by atoms with Crippen LogP contribution in [0.3, 0.4) is 0 Å². The molecule has 0 bridgehead atoms. The van der Waals surface area contributed by atoms with Crippen LogP contribution in [0.4, 0.5) is 0 Å². The van der Waals surface area contributed by atoms with Gasteiger partial charge in [-0.25, -0.2) is 0 Å². The number of hydrogen-bond donors (Lipinski definition) is 0. The first-order chi connectivity index (χ1) is 8.81. The zero-order chi connectivity index (χ0) is 12.8. The molecule has 0 saturated carbocycles. The van der Waals surface area contributed by atoms with Crippen LogP contribution in [0.5, 0.6) is 0 Å². The quantitative estimate of drug-likeness (QED) is 0.740. The zero-order valence-corrected chi connectivity index (χ0v) is 11.4. The summed E-state index contributed by atoms with van der Waals surface area (Å²) in [6.07, 6.45) is 1.03. The Bertz CT molecular complexity index is 366. The molecule has 0 N–H and O–H groups in total. The molecule has 18 heavy (non-hydrogen) atoms. The second-order valence-electron chi connectivity index (χ2n) is 4.45. The molecule has 0 aliphatic carbocycles. The van der Waals surface area contributed by atoms with Gasteiger partial charge >= 0.3 is 0 Å². The van der Waals surface area contributed by atoms with Crippen molar-refractivity contribution in [2.45, 2.75) is 6.42 Å². The molecule has 1 aromatic rings. The molecule has 1 fully saturated rings. The summed E-state index contributed by atoms with van der Waals surface area (Å²) < 4.78 is 10.4. The van der Waals surface area contributed by atoms with Gasteiger partial charge in [0.25, 0.3) is 5.91 Å². The molecule has 1 atom stereocenters. The summed E-state index contributed by atoms with van der Waals surface area (Å²) in [5, 5.41) is 1.94. The largest absolute Gasteiger partial charge is 0.382 e. The molecule has 0 spiro atoms. The number of nitrogens with zero attached hydrogens (tertiary/aromatic N) is 1. The van der Waals surface area contributed by atoms with Gasteiger partial charge in [-0.3, -0.25) is 4.79 Å². The van der Waals surface area contributed by atoms with Crippen molar-refractivity contribution in [1.82, 2.24) is 4.90 Å². The molecule has 1 amide bonds. The van der Waals surface area contributed by atoms with Gasteiger partial charge in [0, 0.05) is 26.1 Å². The van der Waals surface area contributed by atoms with Crippen LogP contribution >= 0.6 is 11.3 Å². The summed E-state index contributed by atoms with van der Waals surface area (Å²) >= 11 is 1.50. The minimum Gasteiger partial charge on any atom is -0.382 e. The number of thiophene rings is 1. The van der Waals surface area contributed by atoms with E-state index in [1.54, 1.807) is 7.11 Å². The fourth-order valence-electron chi connectivity index (χ4n) is 2.10. The molecule has 5 heteroatoms. The molecule has 100 valence electrons. The summed E-state index contributed by atoms with van der Waals surface area (Å²) in [6, 6.07) is 3.80. The highest BCUT2D eigenvalue weighted by Crippen LogP contribution is 2.20. The number of ether oxygens (including phenoxy) is 2. The lowest BCUT2D eigenvalue weighted by Crippen LogP contribution is -2.28. The van der Waals surface area contributed by atoms with Gasteiger partial charge in [-0.05, 0) is 17.9 Å². The van der Waals surface area contributed by atoms with Crippen molar-refractivity contribution in [3.8, 4) is 0 Å². The molecule has 1 saturated heterocycles. The number of carbonyl (C=O) groups is 1. The van der Waals surface area contributed by atoms with Crippen LogP contribution in [0.15, 0.2) is 17.5 Å². The normalized spacial score (nSPS) is 19.4. The Morgan fingerprint density at radius 3 is 3.17 bits per heavy atom. The maximum Gasteiger partial charge on any atom is 0.263 e. The van der Waals surface area contributed by atoms with Crippen molar-refractivity contribution >= 4 is 17.2 Å². The molecule has 1 aliphatic heterocycles. The van der Waals surface area contributed by atoms with E-state index in [4.69, 9.17) is 9.47 Å². The van der Waals surface area contributed by atoms with Crippen molar-refractivity contribution < 1.29 is 14.3 Å². The first-order valence-corrected chi connectivity index (χ1v) is 7.08. The Kier molecular flexibility index (Phi) is 5.16. The third kappa shape index (κ3) is 3.54. The zero-order valence-electron chi connectivity index (χ0n) is 10.6. The Balaban J connectivity index is 1.73. The lowest BCUT2D eigenvalue weighted by Gasteiger charge is -2.15. The predicted molar refractivity (Wildman–Crippen MR) is 71.0 cm³/mol. The maximum absolute atomic E-state index is 12.1. The van der Waals surface area contributed by atoms with E-state index < -0.39 is 0 Å². The molecule has 2 rings (SSSR count). The maximum atomic E-state index is 12.1. The molecule has 0 unspecified atom stereocenters. The van der Waals surface area contributed by atoms with Crippen LogP contribution in [0.2, 0.25) is 0 Å². The highest BCUT2D eigenvalue weighted by Gasteiger charge is 2.27. The Hall–Kier alpha value is -0.910. The van der Waals surface area contributed by atoms with Crippen LogP contribution in [0.1, 0.15) is 16.1 Å². The molecular weight excluding hydrogens is 250 g/mol. The minimum absolute atomic E-state index is 0.157. The molecular formula is C13H19NO3S. The average Bonchev–Trinajstić information content (AvgIpc) is 3.05. The Labute approximate surface area is 111 Å². The summed E-state index contributed by atoms with van der Waals surface area (Å²) in [7, 11) is 1.67. The topological polar surface area (TPSA) is 38.8 Å². The smallest absolute Gasteiger partial charge is 0.263 e. The highest BCUT2D eigenvalue weighted by molar-refractivity contribution is 7.12. The van der Waals surface area contributed by atoms with E-state index in [9.17, 15) is 4.79 Å². The summed E-state index contributed by atoms with van der Waals surface area (Å²) in [5.74, 6) is 0.621. The minimum atomic E-state index is 0.157. The fourth-order valence-corrected chi connectivity index (χ4v) is 2.79. The number of likely N-dealkylation sites (tertiary alicyclic amines) is 1. The molecule has 4 nitrogen and oxygen atoms in total. The van der Waals surface area contributed by atoms with Gasteiger partial charge in [-0.15, -0.1) is 11.3 Å². The summed E-state index contributed by atoms with van der Waals surface area (Å²) in [6.45, 7) is 3.63. The second kappa shape index (κ2) is 6.87. The first kappa shape index (κ1) is 13.5. The lowest BCUT2D eigenvalue weighted by molar-refractivity contribution is 0.0516. The van der Waals surface area contributed by atoms with E-state index >= 15 is 0 Å². The van der Waals surface area contributed by atoms with Gasteiger partial charge in [0.05, 0.1) is 24.7 Å². The summed E-state index contributed by atoms with van der Waals surface area (Å²) in [5.41, 5.74) is 0. The fraction of sp³-hybridized carbons (Fsp3) is 0.615. The van der Waals surface area contributed by atoms with E-state index in [0.29, 0.717) is 19.1 Å². The SMILES string of the molecule is COCCOC[C@@H]1CCN(C(=O)c2cccs2)C1. The Morgan fingerprint density at radius 1 is 1.56 bits per heavy atom. The van der Waals surface area contributed by atoms with Gasteiger partial charge in [0.2, 0.25) is 0 Å². The van der Waals surface area contributed by atoms with E-state index in [-0.39, 0.29) is 5.91 Å². The van der Waals surface area contributed by atoms with Gasteiger partial charge in [0.1, 0.15) is 0 Å². The highest BCUT2D eigenvalue weighted by atomic mass is 32.1. The standard InChI is InChI=1S/C13H19NO3S/c1-16-6-7-17-10-11-4-5-14(9-11)13(15)12-3-2-8-18-12/h2-3,8,11H,4-7,9-10H2,1H3/t11-/m1/s1. The molecule has 2 heterocycles. The number of carbonyl (C=O) groups excluding carboxylic acids is 1. The molecule has 1 aliphatic rings. The van der Waals surface area contributed by atoms with E-state index in [1.807, 2.05) is 22.4 Å². The average molecular weight is 269 g/mol. The van der Waals surface area contributed by atoms with Gasteiger partial charge in [-0.2, -0.15) is 0 Å². The van der Waals surface area contributed by atoms with Crippen LogP contribution in [0.25, 0.3) is 0 Å².